The number of thioether (sulfide) groups is 1. The molecular weight excluding hydrogens is 480 g/mol. The number of likely N-dealkylation sites (N-methyl/N-ethyl adjacent to an activating group) is 1. The van der Waals surface area contributed by atoms with Gasteiger partial charge in [-0.05, 0) is 64.0 Å². The van der Waals surface area contributed by atoms with Gasteiger partial charge in [-0.3, -0.25) is 19.4 Å². The van der Waals surface area contributed by atoms with Crippen molar-refractivity contribution in [2.45, 2.75) is 40.2 Å². The average molecular weight is 505 g/mol. The second kappa shape index (κ2) is 8.17. The second-order valence-corrected chi connectivity index (χ2v) is 11.0. The summed E-state index contributed by atoms with van der Waals surface area (Å²) >= 11 is 6.55. The van der Waals surface area contributed by atoms with Crippen LogP contribution in [0.1, 0.15) is 54.7 Å². The third kappa shape index (κ3) is 3.54. The highest BCUT2D eigenvalue weighted by atomic mass is 32.2. The number of anilines is 1. The molecular formula is C27H24N2O4S2. The maximum absolute atomic E-state index is 13.8. The summed E-state index contributed by atoms with van der Waals surface area (Å²) < 4.78 is 6.23. The van der Waals surface area contributed by atoms with Crippen LogP contribution in [0.3, 0.4) is 0 Å². The smallest absolute Gasteiger partial charge is 0.343 e. The third-order valence-corrected chi connectivity index (χ3v) is 7.98. The minimum atomic E-state index is -0.595. The molecule has 0 radical (unpaired) electrons. The number of ether oxygens (including phenoxy) is 1. The fourth-order valence-corrected chi connectivity index (χ4v) is 6.41. The normalized spacial score (nSPS) is 20.4. The van der Waals surface area contributed by atoms with Gasteiger partial charge in [0.15, 0.2) is 0 Å². The number of thiocarbonyl (C=S) groups is 1. The van der Waals surface area contributed by atoms with Crippen LogP contribution >= 0.6 is 24.0 Å². The van der Waals surface area contributed by atoms with Gasteiger partial charge in [0.2, 0.25) is 0 Å². The Morgan fingerprint density at radius 3 is 2.43 bits per heavy atom. The van der Waals surface area contributed by atoms with Crippen LogP contribution in [0.4, 0.5) is 5.69 Å². The van der Waals surface area contributed by atoms with E-state index in [9.17, 15) is 14.4 Å². The highest BCUT2D eigenvalue weighted by Crippen LogP contribution is 2.53. The fourth-order valence-electron chi connectivity index (χ4n) is 4.96. The zero-order chi connectivity index (χ0) is 25.2. The van der Waals surface area contributed by atoms with E-state index < -0.39 is 11.5 Å². The summed E-state index contributed by atoms with van der Waals surface area (Å²) in [6, 6.07) is 10.7. The topological polar surface area (TPSA) is 66.9 Å². The van der Waals surface area contributed by atoms with E-state index in [1.165, 1.54) is 4.90 Å². The van der Waals surface area contributed by atoms with E-state index in [0.717, 1.165) is 34.1 Å². The zero-order valence-electron chi connectivity index (χ0n) is 20.1. The summed E-state index contributed by atoms with van der Waals surface area (Å²) in [5, 5.41) is 0. The summed E-state index contributed by atoms with van der Waals surface area (Å²) in [6.45, 7) is 10.0. The van der Waals surface area contributed by atoms with Gasteiger partial charge >= 0.3 is 5.97 Å². The van der Waals surface area contributed by atoms with Gasteiger partial charge in [0.1, 0.15) is 10.1 Å². The molecule has 0 N–H and O–H groups in total. The molecule has 2 aromatic carbocycles. The molecule has 35 heavy (non-hydrogen) atoms. The van der Waals surface area contributed by atoms with Crippen LogP contribution in [0, 0.1) is 6.92 Å². The summed E-state index contributed by atoms with van der Waals surface area (Å²) in [4.78, 5) is 43.5. The Bertz CT molecular complexity index is 1420. The summed E-state index contributed by atoms with van der Waals surface area (Å²) in [5.74, 6) is -0.691. The number of nitrogens with zero attached hydrogens (tertiary/aromatic N) is 2. The van der Waals surface area contributed by atoms with E-state index in [1.807, 2.05) is 52.8 Å². The number of aryl methyl sites for hydroxylation is 1. The van der Waals surface area contributed by atoms with Gasteiger partial charge in [0.05, 0.1) is 27.3 Å². The first-order valence-electron chi connectivity index (χ1n) is 11.3. The molecule has 0 saturated carbocycles. The first kappa shape index (κ1) is 23.5. The molecule has 5 rings (SSSR count). The molecule has 3 aliphatic heterocycles. The second-order valence-electron chi connectivity index (χ2n) is 9.31. The van der Waals surface area contributed by atoms with Crippen LogP contribution in [-0.2, 0) is 9.59 Å². The van der Waals surface area contributed by atoms with Crippen molar-refractivity contribution in [1.29, 1.82) is 0 Å². The third-order valence-electron chi connectivity index (χ3n) is 6.53. The molecule has 1 saturated heterocycles. The largest absolute Gasteiger partial charge is 0.423 e. The van der Waals surface area contributed by atoms with E-state index >= 15 is 0 Å². The molecule has 3 heterocycles. The predicted octanol–water partition coefficient (Wildman–Crippen LogP) is 5.35. The molecule has 6 nitrogen and oxygen atoms in total. The van der Waals surface area contributed by atoms with Gasteiger partial charge in [-0.2, -0.15) is 0 Å². The number of allylic oxidation sites excluding steroid dienone is 1. The van der Waals surface area contributed by atoms with E-state index in [2.05, 4.69) is 0 Å². The number of benzene rings is 2. The molecule has 0 unspecified atom stereocenters. The molecule has 178 valence electrons. The summed E-state index contributed by atoms with van der Waals surface area (Å²) in [6.07, 6.45) is 2.02. The van der Waals surface area contributed by atoms with Crippen molar-refractivity contribution in [3.63, 3.8) is 0 Å². The Morgan fingerprint density at radius 1 is 1.09 bits per heavy atom. The molecule has 0 atom stereocenters. The summed E-state index contributed by atoms with van der Waals surface area (Å²) in [7, 11) is 0. The molecule has 0 bridgehead atoms. The monoisotopic (exact) mass is 504 g/mol. The number of carbonyl (C=O) groups excluding carboxylic acids is 3. The van der Waals surface area contributed by atoms with Gasteiger partial charge in [0, 0.05) is 17.7 Å². The lowest BCUT2D eigenvalue weighted by Gasteiger charge is -2.38. The van der Waals surface area contributed by atoms with Crippen LogP contribution in [0.2, 0.25) is 0 Å². The molecule has 1 fully saturated rings. The van der Waals surface area contributed by atoms with Gasteiger partial charge in [-0.15, -0.1) is 0 Å². The molecule has 0 aromatic heterocycles. The standard InChI is InChI=1S/C27H24N2O4S2/c1-6-28-24(31)22(35-26(28)34)20-19-12-16(33-25(32)17-10-8-7-9-14(17)2)11-18-15(3)13-27(4,5)29(21(18)19)23(20)30/h7-13H,6H2,1-5H3. The van der Waals surface area contributed by atoms with Crippen LogP contribution in [0.5, 0.6) is 5.75 Å². The molecule has 2 amide bonds. The molecule has 3 aliphatic rings. The Labute approximate surface area is 213 Å². The Kier molecular flexibility index (Phi) is 5.49. The Balaban J connectivity index is 1.70. The number of carbonyl (C=O) groups is 3. The molecule has 2 aromatic rings. The summed E-state index contributed by atoms with van der Waals surface area (Å²) in [5.41, 5.74) is 4.06. The van der Waals surface area contributed by atoms with Crippen LogP contribution in [-0.4, -0.2) is 39.1 Å². The van der Waals surface area contributed by atoms with E-state index in [4.69, 9.17) is 17.0 Å². The number of rotatable bonds is 3. The van der Waals surface area contributed by atoms with Gasteiger partial charge in [0.25, 0.3) is 11.8 Å². The van der Waals surface area contributed by atoms with E-state index in [0.29, 0.717) is 38.2 Å². The average Bonchev–Trinajstić information content (AvgIpc) is 3.24. The zero-order valence-corrected chi connectivity index (χ0v) is 21.7. The predicted molar refractivity (Wildman–Crippen MR) is 142 cm³/mol. The lowest BCUT2D eigenvalue weighted by Crippen LogP contribution is -2.46. The van der Waals surface area contributed by atoms with Gasteiger partial charge in [-0.25, -0.2) is 4.79 Å². The van der Waals surface area contributed by atoms with Crippen molar-refractivity contribution in [3.05, 3.63) is 69.6 Å². The minimum absolute atomic E-state index is 0.256. The SMILES string of the molecule is CCN1C(=O)C(=C2C(=O)N3c4c(cc(OC(=O)c5ccccc5C)cc42)C(C)=CC3(C)C)SC1=S. The van der Waals surface area contributed by atoms with Crippen molar-refractivity contribution in [1.82, 2.24) is 4.90 Å². The quantitative estimate of drug-likeness (QED) is 0.243. The van der Waals surface area contributed by atoms with Crippen molar-refractivity contribution in [2.75, 3.05) is 11.4 Å². The van der Waals surface area contributed by atoms with Crippen molar-refractivity contribution in [3.8, 4) is 5.75 Å². The van der Waals surface area contributed by atoms with Crippen molar-refractivity contribution >= 4 is 62.9 Å². The van der Waals surface area contributed by atoms with Gasteiger partial charge in [-0.1, -0.05) is 48.3 Å². The van der Waals surface area contributed by atoms with Crippen LogP contribution in [0.15, 0.2) is 47.4 Å². The van der Waals surface area contributed by atoms with Crippen LogP contribution < -0.4 is 9.64 Å². The lowest BCUT2D eigenvalue weighted by molar-refractivity contribution is -0.122. The van der Waals surface area contributed by atoms with E-state index in [1.54, 1.807) is 29.2 Å². The number of hydrogen-bond acceptors (Lipinski definition) is 6. The Hall–Kier alpha value is -3.23. The fraction of sp³-hybridized carbons (Fsp3) is 0.259. The number of amides is 2. The van der Waals surface area contributed by atoms with Gasteiger partial charge < -0.3 is 4.74 Å². The highest BCUT2D eigenvalue weighted by molar-refractivity contribution is 8.26. The lowest BCUT2D eigenvalue weighted by atomic mass is 9.89. The maximum atomic E-state index is 13.8. The molecule has 0 spiro atoms. The number of hydrogen-bond donors (Lipinski definition) is 0. The first-order chi connectivity index (χ1) is 16.5. The molecule has 8 heteroatoms. The first-order valence-corrected chi connectivity index (χ1v) is 12.6. The molecule has 0 aliphatic carbocycles. The van der Waals surface area contributed by atoms with Crippen molar-refractivity contribution in [2.24, 2.45) is 0 Å². The minimum Gasteiger partial charge on any atom is -0.423 e. The van der Waals surface area contributed by atoms with Crippen LogP contribution in [0.25, 0.3) is 11.1 Å². The highest BCUT2D eigenvalue weighted by Gasteiger charge is 2.48. The van der Waals surface area contributed by atoms with Crippen molar-refractivity contribution < 1.29 is 19.1 Å². The number of esters is 1. The van der Waals surface area contributed by atoms with E-state index in [-0.39, 0.29) is 11.8 Å². The maximum Gasteiger partial charge on any atom is 0.343 e. The Morgan fingerprint density at radius 2 is 1.77 bits per heavy atom.